The van der Waals surface area contributed by atoms with Gasteiger partial charge in [0.1, 0.15) is 5.00 Å². The number of rotatable bonds is 6. The number of benzene rings is 1. The fourth-order valence-corrected chi connectivity index (χ4v) is 4.06. The number of aromatic nitrogens is 1. The summed E-state index contributed by atoms with van der Waals surface area (Å²) < 4.78 is 5.21. The molecule has 0 radical (unpaired) electrons. The second-order valence-corrected chi connectivity index (χ2v) is 7.50. The lowest BCUT2D eigenvalue weighted by molar-refractivity contribution is 0.0528. The van der Waals surface area contributed by atoms with Gasteiger partial charge in [-0.25, -0.2) is 4.79 Å². The van der Waals surface area contributed by atoms with E-state index < -0.39 is 0 Å². The molecule has 0 bridgehead atoms. The van der Waals surface area contributed by atoms with Crippen molar-refractivity contribution in [1.82, 2.24) is 10.3 Å². The van der Waals surface area contributed by atoms with Crippen molar-refractivity contribution in [1.29, 1.82) is 0 Å². The van der Waals surface area contributed by atoms with Crippen LogP contribution in [0, 0.1) is 0 Å². The third-order valence-corrected chi connectivity index (χ3v) is 5.39. The monoisotopic (exact) mass is 411 g/mol. The number of ether oxygens (including phenoxy) is 1. The summed E-state index contributed by atoms with van der Waals surface area (Å²) in [6, 6.07) is 15.6. The van der Waals surface area contributed by atoms with Gasteiger partial charge in [-0.15, -0.1) is 11.3 Å². The van der Waals surface area contributed by atoms with Gasteiger partial charge in [0.05, 0.1) is 18.2 Å². The maximum atomic E-state index is 12.4. The number of carbonyl (C=O) groups is 1. The van der Waals surface area contributed by atoms with Crippen molar-refractivity contribution in [2.45, 2.75) is 19.9 Å². The van der Waals surface area contributed by atoms with Gasteiger partial charge < -0.3 is 15.4 Å². The standard InChI is InChI=1S/C21H21N3O2S2/c1-3-26-20(25)17-13-18(16-7-5-4-6-8-16)28-19(17)24-21(27)23-14(2)15-9-11-22-12-10-15/h4-14H,3H2,1-2H3,(H2,23,24,27)/t14-/m0/s1. The average molecular weight is 412 g/mol. The topological polar surface area (TPSA) is 63.2 Å². The van der Waals surface area contributed by atoms with Crippen molar-refractivity contribution < 1.29 is 9.53 Å². The smallest absolute Gasteiger partial charge is 0.341 e. The molecule has 3 rings (SSSR count). The maximum Gasteiger partial charge on any atom is 0.341 e. The number of thiophene rings is 1. The van der Waals surface area contributed by atoms with Crippen LogP contribution in [0.5, 0.6) is 0 Å². The first-order chi connectivity index (χ1) is 13.6. The van der Waals surface area contributed by atoms with E-state index in [9.17, 15) is 4.79 Å². The van der Waals surface area contributed by atoms with E-state index in [-0.39, 0.29) is 12.0 Å². The molecule has 144 valence electrons. The highest BCUT2D eigenvalue weighted by Gasteiger charge is 2.19. The van der Waals surface area contributed by atoms with Gasteiger partial charge in [0.25, 0.3) is 0 Å². The maximum absolute atomic E-state index is 12.4. The Hall–Kier alpha value is -2.77. The fraction of sp³-hybridized carbons (Fsp3) is 0.190. The molecule has 0 fully saturated rings. The van der Waals surface area contributed by atoms with Gasteiger partial charge in [-0.05, 0) is 55.4 Å². The molecule has 1 atom stereocenters. The van der Waals surface area contributed by atoms with Gasteiger partial charge in [-0.1, -0.05) is 30.3 Å². The minimum atomic E-state index is -0.367. The Bertz CT molecular complexity index is 943. The number of anilines is 1. The zero-order valence-electron chi connectivity index (χ0n) is 15.6. The lowest BCUT2D eigenvalue weighted by atomic mass is 10.1. The van der Waals surface area contributed by atoms with Crippen molar-refractivity contribution in [2.24, 2.45) is 0 Å². The van der Waals surface area contributed by atoms with Gasteiger partial charge in [0.15, 0.2) is 5.11 Å². The van der Waals surface area contributed by atoms with Gasteiger partial charge >= 0.3 is 5.97 Å². The number of thiocarbonyl (C=S) groups is 1. The molecular formula is C21H21N3O2S2. The largest absolute Gasteiger partial charge is 0.462 e. The summed E-state index contributed by atoms with van der Waals surface area (Å²) in [5.41, 5.74) is 2.59. The third kappa shape index (κ3) is 4.94. The Morgan fingerprint density at radius 1 is 1.21 bits per heavy atom. The molecule has 5 nitrogen and oxygen atoms in total. The van der Waals surface area contributed by atoms with Gasteiger partial charge in [0.2, 0.25) is 0 Å². The van der Waals surface area contributed by atoms with Crippen LogP contribution < -0.4 is 10.6 Å². The van der Waals surface area contributed by atoms with Gasteiger partial charge in [-0.2, -0.15) is 0 Å². The Kier molecular flexibility index (Phi) is 6.73. The van der Waals surface area contributed by atoms with Crippen LogP contribution in [0.3, 0.4) is 0 Å². The highest BCUT2D eigenvalue weighted by molar-refractivity contribution is 7.80. The molecule has 2 heterocycles. The minimum Gasteiger partial charge on any atom is -0.462 e. The Morgan fingerprint density at radius 2 is 1.93 bits per heavy atom. The van der Waals surface area contributed by atoms with E-state index in [1.54, 1.807) is 19.3 Å². The molecule has 7 heteroatoms. The summed E-state index contributed by atoms with van der Waals surface area (Å²) in [5.74, 6) is -0.367. The molecule has 0 aliphatic rings. The van der Waals surface area contributed by atoms with Crippen molar-refractivity contribution in [3.8, 4) is 10.4 Å². The van der Waals surface area contributed by atoms with Crippen molar-refractivity contribution in [2.75, 3.05) is 11.9 Å². The SMILES string of the molecule is CCOC(=O)c1cc(-c2ccccc2)sc1NC(=S)N[C@@H](C)c1ccncc1. The third-order valence-electron chi connectivity index (χ3n) is 4.07. The van der Waals surface area contributed by atoms with Gasteiger partial charge in [-0.3, -0.25) is 4.98 Å². The van der Waals surface area contributed by atoms with Crippen LogP contribution in [0.1, 0.15) is 35.8 Å². The quantitative estimate of drug-likeness (QED) is 0.438. The van der Waals surface area contributed by atoms with E-state index in [2.05, 4.69) is 15.6 Å². The summed E-state index contributed by atoms with van der Waals surface area (Å²) in [6.07, 6.45) is 3.49. The number of pyridine rings is 1. The Morgan fingerprint density at radius 3 is 2.61 bits per heavy atom. The Labute approximate surface area is 173 Å². The zero-order chi connectivity index (χ0) is 19.9. The molecule has 0 saturated heterocycles. The summed E-state index contributed by atoms with van der Waals surface area (Å²) in [7, 11) is 0. The number of hydrogen-bond acceptors (Lipinski definition) is 5. The van der Waals surface area contributed by atoms with Crippen molar-refractivity contribution in [3.63, 3.8) is 0 Å². The fourth-order valence-electron chi connectivity index (χ4n) is 2.66. The molecule has 28 heavy (non-hydrogen) atoms. The summed E-state index contributed by atoms with van der Waals surface area (Å²) in [6.45, 7) is 4.12. The number of nitrogens with zero attached hydrogens (tertiary/aromatic N) is 1. The van der Waals surface area contributed by atoms with Crippen LogP contribution in [0.4, 0.5) is 5.00 Å². The molecule has 1 aromatic carbocycles. The van der Waals surface area contributed by atoms with E-state index in [0.717, 1.165) is 16.0 Å². The molecule has 0 aliphatic heterocycles. The second kappa shape index (κ2) is 9.43. The predicted molar refractivity (Wildman–Crippen MR) is 118 cm³/mol. The molecule has 0 amide bonds. The summed E-state index contributed by atoms with van der Waals surface area (Å²) in [5, 5.41) is 7.51. The van der Waals surface area contributed by atoms with E-state index in [4.69, 9.17) is 17.0 Å². The predicted octanol–water partition coefficient (Wildman–Crippen LogP) is 5.03. The van der Waals surface area contributed by atoms with E-state index in [1.807, 2.05) is 55.5 Å². The number of hydrogen-bond donors (Lipinski definition) is 2. The van der Waals surface area contributed by atoms with Crippen molar-refractivity contribution >= 4 is 39.6 Å². The van der Waals surface area contributed by atoms with Gasteiger partial charge in [0, 0.05) is 17.3 Å². The molecular weight excluding hydrogens is 390 g/mol. The van der Waals surface area contributed by atoms with Crippen LogP contribution in [0.15, 0.2) is 60.9 Å². The Balaban J connectivity index is 1.80. The summed E-state index contributed by atoms with van der Waals surface area (Å²) in [4.78, 5) is 17.4. The average Bonchev–Trinajstić information content (AvgIpc) is 3.13. The molecule has 2 N–H and O–H groups in total. The molecule has 3 aromatic rings. The normalized spacial score (nSPS) is 11.5. The molecule has 2 aromatic heterocycles. The highest BCUT2D eigenvalue weighted by Crippen LogP contribution is 2.36. The number of nitrogens with one attached hydrogen (secondary N) is 2. The zero-order valence-corrected chi connectivity index (χ0v) is 17.3. The summed E-state index contributed by atoms with van der Waals surface area (Å²) >= 11 is 6.93. The second-order valence-electron chi connectivity index (χ2n) is 6.04. The highest BCUT2D eigenvalue weighted by atomic mass is 32.1. The van der Waals surface area contributed by atoms with Crippen LogP contribution in [0.25, 0.3) is 10.4 Å². The van der Waals surface area contributed by atoms with Crippen LogP contribution in [0.2, 0.25) is 0 Å². The number of carbonyl (C=O) groups excluding carboxylic acids is 1. The van der Waals surface area contributed by atoms with E-state index >= 15 is 0 Å². The van der Waals surface area contributed by atoms with Crippen LogP contribution in [-0.2, 0) is 4.74 Å². The molecule has 0 unspecified atom stereocenters. The number of esters is 1. The first-order valence-corrected chi connectivity index (χ1v) is 10.1. The molecule has 0 spiro atoms. The minimum absolute atomic E-state index is 0.00241. The lowest BCUT2D eigenvalue weighted by Crippen LogP contribution is -2.31. The first kappa shape index (κ1) is 20.0. The first-order valence-electron chi connectivity index (χ1n) is 8.92. The lowest BCUT2D eigenvalue weighted by Gasteiger charge is -2.17. The molecule has 0 saturated carbocycles. The van der Waals surface area contributed by atoms with Crippen LogP contribution >= 0.6 is 23.6 Å². The van der Waals surface area contributed by atoms with E-state index in [0.29, 0.717) is 22.3 Å². The van der Waals surface area contributed by atoms with Crippen LogP contribution in [-0.4, -0.2) is 22.7 Å². The van der Waals surface area contributed by atoms with Crippen molar-refractivity contribution in [3.05, 3.63) is 72.1 Å². The molecule has 0 aliphatic carbocycles. The van der Waals surface area contributed by atoms with E-state index in [1.165, 1.54) is 11.3 Å².